The van der Waals surface area contributed by atoms with Gasteiger partial charge in [0.2, 0.25) is 5.91 Å². The van der Waals surface area contributed by atoms with Crippen molar-refractivity contribution in [3.63, 3.8) is 0 Å². The Balaban J connectivity index is 0.00000280. The van der Waals surface area contributed by atoms with E-state index in [1.807, 2.05) is 53.2 Å². The molecule has 1 amide bonds. The molecule has 2 aromatic rings. The van der Waals surface area contributed by atoms with Gasteiger partial charge in [-0.3, -0.25) is 9.48 Å². The molecule has 7 nitrogen and oxygen atoms in total. The van der Waals surface area contributed by atoms with Crippen molar-refractivity contribution in [1.82, 2.24) is 20.4 Å². The molecule has 1 saturated heterocycles. The van der Waals surface area contributed by atoms with Gasteiger partial charge >= 0.3 is 0 Å². The molecule has 2 N–H and O–H groups in total. The van der Waals surface area contributed by atoms with E-state index in [1.165, 1.54) is 0 Å². The largest absolute Gasteiger partial charge is 0.357 e. The molecule has 2 heterocycles. The first-order valence-corrected chi connectivity index (χ1v) is 9.56. The minimum absolute atomic E-state index is 0. The van der Waals surface area contributed by atoms with Gasteiger partial charge in [0.05, 0.1) is 19.3 Å². The summed E-state index contributed by atoms with van der Waals surface area (Å²) in [7, 11) is 0. The number of hydrogen-bond acceptors (Lipinski definition) is 3. The molecule has 1 aliphatic heterocycles. The lowest BCUT2D eigenvalue weighted by molar-refractivity contribution is -0.117. The Morgan fingerprint density at radius 3 is 2.64 bits per heavy atom. The summed E-state index contributed by atoms with van der Waals surface area (Å²) in [5, 5.41) is 10.9. The Bertz CT molecular complexity index is 786. The molecule has 0 bridgehead atoms. The van der Waals surface area contributed by atoms with Crippen LogP contribution in [0.3, 0.4) is 0 Å². The number of nitrogens with one attached hydrogen (secondary N) is 2. The lowest BCUT2D eigenvalue weighted by atomic mass is 10.2. The number of amides is 1. The molecule has 28 heavy (non-hydrogen) atoms. The molecule has 3 rings (SSSR count). The SMILES string of the molecule is CCNC(=NCc1ccc(N2CCCC2=O)cc1)NCCn1cc(C)cn1.I. The molecule has 0 saturated carbocycles. The molecule has 0 radical (unpaired) electrons. The Morgan fingerprint density at radius 2 is 2.04 bits per heavy atom. The fraction of sp³-hybridized carbons (Fsp3) is 0.450. The van der Waals surface area contributed by atoms with E-state index in [1.54, 1.807) is 0 Å². The lowest BCUT2D eigenvalue weighted by Gasteiger charge is -2.16. The van der Waals surface area contributed by atoms with Crippen LogP contribution in [0.5, 0.6) is 0 Å². The number of carbonyl (C=O) groups excluding carboxylic acids is 1. The second-order valence-electron chi connectivity index (χ2n) is 6.72. The van der Waals surface area contributed by atoms with Crippen molar-refractivity contribution in [2.75, 3.05) is 24.5 Å². The van der Waals surface area contributed by atoms with Gasteiger partial charge in [-0.1, -0.05) is 12.1 Å². The van der Waals surface area contributed by atoms with Crippen LogP contribution >= 0.6 is 24.0 Å². The summed E-state index contributed by atoms with van der Waals surface area (Å²) < 4.78 is 1.92. The van der Waals surface area contributed by atoms with Crippen LogP contribution in [0.4, 0.5) is 5.69 Å². The monoisotopic (exact) mass is 496 g/mol. The van der Waals surface area contributed by atoms with Gasteiger partial charge in [-0.15, -0.1) is 24.0 Å². The third-order valence-electron chi connectivity index (χ3n) is 4.48. The van der Waals surface area contributed by atoms with Gasteiger partial charge in [0.25, 0.3) is 0 Å². The zero-order chi connectivity index (χ0) is 19.1. The van der Waals surface area contributed by atoms with Crippen LogP contribution in [0.1, 0.15) is 30.9 Å². The lowest BCUT2D eigenvalue weighted by Crippen LogP contribution is -2.38. The van der Waals surface area contributed by atoms with Crippen molar-refractivity contribution in [2.24, 2.45) is 4.99 Å². The van der Waals surface area contributed by atoms with Gasteiger partial charge in [-0.05, 0) is 43.5 Å². The highest BCUT2D eigenvalue weighted by molar-refractivity contribution is 14.0. The molecular weight excluding hydrogens is 467 g/mol. The zero-order valence-electron chi connectivity index (χ0n) is 16.5. The predicted octanol–water partition coefficient (Wildman–Crippen LogP) is 2.69. The van der Waals surface area contributed by atoms with Crippen molar-refractivity contribution in [1.29, 1.82) is 0 Å². The molecule has 0 spiro atoms. The highest BCUT2D eigenvalue weighted by Gasteiger charge is 2.21. The number of aryl methyl sites for hydroxylation is 1. The topological polar surface area (TPSA) is 74.6 Å². The van der Waals surface area contributed by atoms with Crippen LogP contribution in [-0.2, 0) is 17.9 Å². The Morgan fingerprint density at radius 1 is 1.25 bits per heavy atom. The van der Waals surface area contributed by atoms with Gasteiger partial charge in [0, 0.05) is 37.9 Å². The number of nitrogens with zero attached hydrogens (tertiary/aromatic N) is 4. The standard InChI is InChI=1S/C20H28N6O.HI/c1-3-21-20(22-10-12-25-15-16(2)13-24-25)23-14-17-6-8-18(9-7-17)26-11-4-5-19(26)27;/h6-9,13,15H,3-5,10-12,14H2,1-2H3,(H2,21,22,23);1H. The fourth-order valence-electron chi connectivity index (χ4n) is 3.09. The number of halogens is 1. The highest BCUT2D eigenvalue weighted by Crippen LogP contribution is 2.21. The number of hydrogen-bond donors (Lipinski definition) is 2. The molecular formula is C20H29IN6O. The number of anilines is 1. The third-order valence-corrected chi connectivity index (χ3v) is 4.48. The summed E-state index contributed by atoms with van der Waals surface area (Å²) >= 11 is 0. The molecule has 0 aliphatic carbocycles. The van der Waals surface area contributed by atoms with E-state index in [2.05, 4.69) is 27.6 Å². The van der Waals surface area contributed by atoms with Crippen molar-refractivity contribution in [2.45, 2.75) is 39.8 Å². The van der Waals surface area contributed by atoms with E-state index in [0.717, 1.165) is 55.4 Å². The number of guanidine groups is 1. The summed E-state index contributed by atoms with van der Waals surface area (Å²) in [5.41, 5.74) is 3.25. The molecule has 152 valence electrons. The smallest absolute Gasteiger partial charge is 0.227 e. The van der Waals surface area contributed by atoms with Gasteiger partial charge < -0.3 is 15.5 Å². The fourth-order valence-corrected chi connectivity index (χ4v) is 3.09. The van der Waals surface area contributed by atoms with Crippen LogP contribution in [0.15, 0.2) is 41.7 Å². The molecule has 8 heteroatoms. The molecule has 1 aromatic carbocycles. The molecule has 0 atom stereocenters. The maximum Gasteiger partial charge on any atom is 0.227 e. The van der Waals surface area contributed by atoms with Gasteiger partial charge in [0.15, 0.2) is 5.96 Å². The van der Waals surface area contributed by atoms with Gasteiger partial charge in [-0.2, -0.15) is 5.10 Å². The predicted molar refractivity (Wildman–Crippen MR) is 123 cm³/mol. The second kappa shape index (κ2) is 11.0. The maximum atomic E-state index is 11.8. The van der Waals surface area contributed by atoms with Crippen molar-refractivity contribution in [3.05, 3.63) is 47.8 Å². The first-order valence-electron chi connectivity index (χ1n) is 9.56. The van der Waals surface area contributed by atoms with Gasteiger partial charge in [0.1, 0.15) is 0 Å². The van der Waals surface area contributed by atoms with Crippen molar-refractivity contribution < 1.29 is 4.79 Å². The maximum absolute atomic E-state index is 11.8. The Labute approximate surface area is 183 Å². The number of aromatic nitrogens is 2. The quantitative estimate of drug-likeness (QED) is 0.351. The van der Waals surface area contributed by atoms with E-state index in [-0.39, 0.29) is 29.9 Å². The van der Waals surface area contributed by atoms with Crippen molar-refractivity contribution in [3.8, 4) is 0 Å². The minimum Gasteiger partial charge on any atom is -0.357 e. The number of rotatable bonds is 7. The van der Waals surface area contributed by atoms with Crippen LogP contribution in [-0.4, -0.2) is 41.3 Å². The summed E-state index contributed by atoms with van der Waals surface area (Å²) in [6, 6.07) is 8.10. The van der Waals surface area contributed by atoms with Crippen LogP contribution in [0.25, 0.3) is 0 Å². The molecule has 1 aliphatic rings. The van der Waals surface area contributed by atoms with Crippen LogP contribution in [0.2, 0.25) is 0 Å². The third kappa shape index (κ3) is 6.22. The average Bonchev–Trinajstić information content (AvgIpc) is 3.28. The molecule has 1 aromatic heterocycles. The molecule has 1 fully saturated rings. The number of carbonyl (C=O) groups is 1. The minimum atomic E-state index is 0. The van der Waals surface area contributed by atoms with E-state index < -0.39 is 0 Å². The number of benzene rings is 1. The zero-order valence-corrected chi connectivity index (χ0v) is 18.8. The molecule has 0 unspecified atom stereocenters. The van der Waals surface area contributed by atoms with E-state index in [9.17, 15) is 4.79 Å². The van der Waals surface area contributed by atoms with Crippen molar-refractivity contribution >= 4 is 41.5 Å². The summed E-state index contributed by atoms with van der Waals surface area (Å²) in [6.07, 6.45) is 5.49. The summed E-state index contributed by atoms with van der Waals surface area (Å²) in [5.74, 6) is 1.01. The summed E-state index contributed by atoms with van der Waals surface area (Å²) in [4.78, 5) is 18.3. The highest BCUT2D eigenvalue weighted by atomic mass is 127. The van der Waals surface area contributed by atoms with Crippen LogP contribution < -0.4 is 15.5 Å². The van der Waals surface area contributed by atoms with Gasteiger partial charge in [-0.25, -0.2) is 4.99 Å². The average molecular weight is 496 g/mol. The Kier molecular flexibility index (Phi) is 8.75. The first kappa shape index (κ1) is 22.2. The second-order valence-corrected chi connectivity index (χ2v) is 6.72. The Hall–Kier alpha value is -2.10. The normalized spacial score (nSPS) is 14.1. The number of aliphatic imine (C=N–C) groups is 1. The van der Waals surface area contributed by atoms with E-state index in [0.29, 0.717) is 13.0 Å². The summed E-state index contributed by atoms with van der Waals surface area (Å²) in [6.45, 7) is 7.84. The van der Waals surface area contributed by atoms with E-state index in [4.69, 9.17) is 0 Å². The van der Waals surface area contributed by atoms with Crippen LogP contribution in [0, 0.1) is 6.92 Å². The van der Waals surface area contributed by atoms with E-state index >= 15 is 0 Å². The first-order chi connectivity index (χ1) is 13.2.